The summed E-state index contributed by atoms with van der Waals surface area (Å²) in [6, 6.07) is 22.5. The molecule has 1 aromatic heterocycles. The smallest absolute Gasteiger partial charge is 0.252 e. The molecule has 29 heavy (non-hydrogen) atoms. The number of benzene rings is 3. The number of amides is 1. The molecular weight excluding hydrogens is 367 g/mol. The van der Waals surface area contributed by atoms with Crippen LogP contribution in [0.3, 0.4) is 0 Å². The number of hydrogen-bond donors (Lipinski definition) is 1. The fraction of sp³-hybridized carbons (Fsp3) is 0.0870. The van der Waals surface area contributed by atoms with Crippen molar-refractivity contribution in [3.8, 4) is 11.4 Å². The second kappa shape index (κ2) is 8.06. The van der Waals surface area contributed by atoms with Gasteiger partial charge in [-0.25, -0.2) is 9.37 Å². The van der Waals surface area contributed by atoms with Crippen LogP contribution in [0.2, 0.25) is 0 Å². The van der Waals surface area contributed by atoms with E-state index in [9.17, 15) is 9.18 Å². The number of carbonyl (C=O) groups excluding carboxylic acids is 1. The fourth-order valence-electron chi connectivity index (χ4n) is 3.12. The van der Waals surface area contributed by atoms with Gasteiger partial charge < -0.3 is 5.32 Å². The van der Waals surface area contributed by atoms with Gasteiger partial charge in [-0.3, -0.25) is 9.48 Å². The van der Waals surface area contributed by atoms with E-state index in [0.29, 0.717) is 11.4 Å². The zero-order valence-electron chi connectivity index (χ0n) is 15.8. The van der Waals surface area contributed by atoms with Crippen LogP contribution in [0.15, 0.2) is 85.2 Å². The topological polar surface area (TPSA) is 59.8 Å². The molecule has 0 radical (unpaired) electrons. The zero-order valence-corrected chi connectivity index (χ0v) is 15.8. The minimum absolute atomic E-state index is 0.219. The molecule has 6 heteroatoms. The molecule has 0 aliphatic rings. The average Bonchev–Trinajstić information content (AvgIpc) is 3.20. The van der Waals surface area contributed by atoms with Gasteiger partial charge in [0.25, 0.3) is 5.91 Å². The van der Waals surface area contributed by atoms with E-state index in [-0.39, 0.29) is 17.8 Å². The molecule has 144 valence electrons. The number of carbonyl (C=O) groups is 1. The lowest BCUT2D eigenvalue weighted by atomic mass is 9.98. The molecule has 4 rings (SSSR count). The van der Waals surface area contributed by atoms with Crippen molar-refractivity contribution in [2.45, 2.75) is 6.04 Å². The molecule has 1 N–H and O–H groups in total. The van der Waals surface area contributed by atoms with Crippen molar-refractivity contribution in [3.63, 3.8) is 0 Å². The second-order valence-electron chi connectivity index (χ2n) is 6.69. The van der Waals surface area contributed by atoms with Gasteiger partial charge in [0.15, 0.2) is 5.82 Å². The summed E-state index contributed by atoms with van der Waals surface area (Å²) in [6.07, 6.45) is 1.63. The lowest BCUT2D eigenvalue weighted by molar-refractivity contribution is 0.0943. The van der Waals surface area contributed by atoms with Crippen LogP contribution in [0.5, 0.6) is 0 Å². The van der Waals surface area contributed by atoms with Crippen LogP contribution in [0.25, 0.3) is 11.4 Å². The van der Waals surface area contributed by atoms with Crippen molar-refractivity contribution >= 4 is 5.91 Å². The van der Waals surface area contributed by atoms with E-state index < -0.39 is 0 Å². The standard InChI is InChI=1S/C23H19FN4O/c1-28-15-25-22(27-28)18-7-9-19(10-8-18)23(29)26-21(16-5-3-2-4-6-16)17-11-13-20(24)14-12-17/h2-15,21H,1H3,(H,26,29)/t21-/m1/s1. The van der Waals surface area contributed by atoms with E-state index in [2.05, 4.69) is 15.4 Å². The van der Waals surface area contributed by atoms with Gasteiger partial charge in [0.05, 0.1) is 6.04 Å². The van der Waals surface area contributed by atoms with E-state index in [1.54, 1.807) is 42.3 Å². The summed E-state index contributed by atoms with van der Waals surface area (Å²) < 4.78 is 15.0. The van der Waals surface area contributed by atoms with Gasteiger partial charge in [0.1, 0.15) is 12.1 Å². The van der Waals surface area contributed by atoms with Crippen LogP contribution in [0, 0.1) is 5.82 Å². The highest BCUT2D eigenvalue weighted by atomic mass is 19.1. The molecule has 5 nitrogen and oxygen atoms in total. The zero-order chi connectivity index (χ0) is 20.2. The summed E-state index contributed by atoms with van der Waals surface area (Å²) in [5.41, 5.74) is 3.08. The van der Waals surface area contributed by atoms with Gasteiger partial charge in [0, 0.05) is 18.2 Å². The quantitative estimate of drug-likeness (QED) is 0.561. The van der Waals surface area contributed by atoms with Crippen molar-refractivity contribution < 1.29 is 9.18 Å². The molecular formula is C23H19FN4O. The molecule has 1 atom stereocenters. The average molecular weight is 386 g/mol. The van der Waals surface area contributed by atoms with Crippen molar-refractivity contribution in [1.29, 1.82) is 0 Å². The Bertz CT molecular complexity index is 1110. The molecule has 1 heterocycles. The third kappa shape index (κ3) is 4.21. The van der Waals surface area contributed by atoms with Gasteiger partial charge in [-0.1, -0.05) is 54.6 Å². The number of hydrogen-bond acceptors (Lipinski definition) is 3. The number of nitrogens with one attached hydrogen (secondary N) is 1. The minimum atomic E-state index is -0.388. The summed E-state index contributed by atoms with van der Waals surface area (Å²) in [5, 5.41) is 7.32. The Balaban J connectivity index is 1.58. The fourth-order valence-corrected chi connectivity index (χ4v) is 3.12. The van der Waals surface area contributed by atoms with E-state index in [1.165, 1.54) is 12.1 Å². The Morgan fingerprint density at radius 1 is 0.931 bits per heavy atom. The number of aryl methyl sites for hydroxylation is 1. The molecule has 0 bridgehead atoms. The monoisotopic (exact) mass is 386 g/mol. The van der Waals surface area contributed by atoms with E-state index in [0.717, 1.165) is 16.7 Å². The van der Waals surface area contributed by atoms with Gasteiger partial charge in [-0.15, -0.1) is 0 Å². The van der Waals surface area contributed by atoms with Crippen LogP contribution in [-0.4, -0.2) is 20.7 Å². The predicted molar refractivity (Wildman–Crippen MR) is 109 cm³/mol. The molecule has 1 amide bonds. The molecule has 0 aliphatic heterocycles. The Hall–Kier alpha value is -3.80. The van der Waals surface area contributed by atoms with E-state index in [1.807, 2.05) is 42.5 Å². The minimum Gasteiger partial charge on any atom is -0.341 e. The number of nitrogens with zero attached hydrogens (tertiary/aromatic N) is 3. The number of aromatic nitrogens is 3. The maximum absolute atomic E-state index is 13.4. The molecule has 0 spiro atoms. The van der Waals surface area contributed by atoms with Gasteiger partial charge >= 0.3 is 0 Å². The molecule has 0 unspecified atom stereocenters. The second-order valence-corrected chi connectivity index (χ2v) is 6.69. The third-order valence-electron chi connectivity index (χ3n) is 4.62. The molecule has 0 aliphatic carbocycles. The lowest BCUT2D eigenvalue weighted by Crippen LogP contribution is -2.29. The highest BCUT2D eigenvalue weighted by molar-refractivity contribution is 5.95. The summed E-state index contributed by atoms with van der Waals surface area (Å²) in [6.45, 7) is 0. The first kappa shape index (κ1) is 18.6. The normalized spacial score (nSPS) is 11.8. The van der Waals surface area contributed by atoms with Crippen LogP contribution < -0.4 is 5.32 Å². The van der Waals surface area contributed by atoms with Gasteiger partial charge in [-0.05, 0) is 35.4 Å². The Morgan fingerprint density at radius 2 is 1.59 bits per heavy atom. The molecule has 0 saturated heterocycles. The lowest BCUT2D eigenvalue weighted by Gasteiger charge is -2.20. The molecule has 3 aromatic carbocycles. The van der Waals surface area contributed by atoms with Crippen LogP contribution in [0.1, 0.15) is 27.5 Å². The Labute approximate surface area is 167 Å². The first-order valence-corrected chi connectivity index (χ1v) is 9.17. The van der Waals surface area contributed by atoms with Crippen LogP contribution in [0.4, 0.5) is 4.39 Å². The summed E-state index contributed by atoms with van der Waals surface area (Å²) >= 11 is 0. The first-order valence-electron chi connectivity index (χ1n) is 9.17. The number of halogens is 1. The molecule has 0 saturated carbocycles. The number of rotatable bonds is 5. The maximum Gasteiger partial charge on any atom is 0.252 e. The van der Waals surface area contributed by atoms with Crippen LogP contribution >= 0.6 is 0 Å². The van der Waals surface area contributed by atoms with Gasteiger partial charge in [0.2, 0.25) is 0 Å². The van der Waals surface area contributed by atoms with E-state index >= 15 is 0 Å². The molecule has 4 aromatic rings. The summed E-state index contributed by atoms with van der Waals surface area (Å²) in [7, 11) is 1.80. The largest absolute Gasteiger partial charge is 0.341 e. The Morgan fingerprint density at radius 3 is 2.21 bits per heavy atom. The van der Waals surface area contributed by atoms with Gasteiger partial charge in [-0.2, -0.15) is 5.10 Å². The van der Waals surface area contributed by atoms with Crippen molar-refractivity contribution in [1.82, 2.24) is 20.1 Å². The van der Waals surface area contributed by atoms with Crippen molar-refractivity contribution in [3.05, 3.63) is 108 Å². The third-order valence-corrected chi connectivity index (χ3v) is 4.62. The van der Waals surface area contributed by atoms with Crippen LogP contribution in [-0.2, 0) is 7.05 Å². The van der Waals surface area contributed by atoms with Crippen molar-refractivity contribution in [2.75, 3.05) is 0 Å². The van der Waals surface area contributed by atoms with Crippen molar-refractivity contribution in [2.24, 2.45) is 7.05 Å². The summed E-state index contributed by atoms with van der Waals surface area (Å²) in [5.74, 6) is 0.0715. The summed E-state index contributed by atoms with van der Waals surface area (Å²) in [4.78, 5) is 17.1. The SMILES string of the molecule is Cn1cnc(-c2ccc(C(=O)N[C@H](c3ccccc3)c3ccc(F)cc3)cc2)n1. The predicted octanol–water partition coefficient (Wildman–Crippen LogP) is 4.14. The highest BCUT2D eigenvalue weighted by Crippen LogP contribution is 2.23. The maximum atomic E-state index is 13.4. The van der Waals surface area contributed by atoms with E-state index in [4.69, 9.17) is 0 Å². The Kier molecular flexibility index (Phi) is 5.16. The first-order chi connectivity index (χ1) is 14.1. The molecule has 0 fully saturated rings. The highest BCUT2D eigenvalue weighted by Gasteiger charge is 2.18.